The van der Waals surface area contributed by atoms with E-state index in [4.69, 9.17) is 10.5 Å². The summed E-state index contributed by atoms with van der Waals surface area (Å²) in [7, 11) is 0. The molecule has 1 fully saturated rings. The van der Waals surface area contributed by atoms with Gasteiger partial charge in [0.15, 0.2) is 0 Å². The molecule has 220 valence electrons. The predicted molar refractivity (Wildman–Crippen MR) is 168 cm³/mol. The highest BCUT2D eigenvalue weighted by Crippen LogP contribution is 2.46. The summed E-state index contributed by atoms with van der Waals surface area (Å²) in [6.07, 6.45) is 4.88. The molecule has 2 aromatic carbocycles. The van der Waals surface area contributed by atoms with E-state index in [1.54, 1.807) is 35.1 Å². The Hall–Kier alpha value is -4.74. The van der Waals surface area contributed by atoms with Crippen LogP contribution >= 0.6 is 11.3 Å². The maximum atomic E-state index is 13.6. The highest BCUT2D eigenvalue weighted by atomic mass is 32.1. The van der Waals surface area contributed by atoms with E-state index in [1.165, 1.54) is 11.3 Å². The van der Waals surface area contributed by atoms with Gasteiger partial charge >= 0.3 is 6.03 Å². The van der Waals surface area contributed by atoms with Crippen molar-refractivity contribution < 1.29 is 19.1 Å². The van der Waals surface area contributed by atoms with Crippen molar-refractivity contribution in [2.24, 2.45) is 5.73 Å². The lowest BCUT2D eigenvalue weighted by Gasteiger charge is -2.33. The first-order valence-electron chi connectivity index (χ1n) is 14.2. The number of thiophene rings is 1. The van der Waals surface area contributed by atoms with Crippen molar-refractivity contribution in [1.82, 2.24) is 15.2 Å². The van der Waals surface area contributed by atoms with Crippen LogP contribution in [-0.2, 0) is 4.79 Å². The van der Waals surface area contributed by atoms with Crippen LogP contribution in [0, 0.1) is 6.92 Å². The molecular formula is C32H32N6O4S. The van der Waals surface area contributed by atoms with E-state index >= 15 is 0 Å². The summed E-state index contributed by atoms with van der Waals surface area (Å²) in [6, 6.07) is 16.3. The summed E-state index contributed by atoms with van der Waals surface area (Å²) in [5.74, 6) is 1.01. The number of carbonyl (C=O) groups excluding carboxylic acids is 3. The number of pyridine rings is 1. The Balaban J connectivity index is 1.25. The van der Waals surface area contributed by atoms with Gasteiger partial charge in [0.2, 0.25) is 5.91 Å². The fourth-order valence-corrected chi connectivity index (χ4v) is 6.62. The number of carbonyl (C=O) groups is 3. The van der Waals surface area contributed by atoms with E-state index in [0.29, 0.717) is 63.1 Å². The average Bonchev–Trinajstić information content (AvgIpc) is 3.38. The number of nitrogens with two attached hydrogens (primary N) is 1. The smallest absolute Gasteiger partial charge is 0.331 e. The van der Waals surface area contributed by atoms with Crippen LogP contribution < -0.4 is 26.0 Å². The molecule has 0 saturated carbocycles. The molecule has 2 aliphatic heterocycles. The molecule has 0 bridgehead atoms. The molecule has 6 rings (SSSR count). The molecule has 4 heterocycles. The Labute approximate surface area is 253 Å². The van der Waals surface area contributed by atoms with E-state index in [1.807, 2.05) is 55.5 Å². The molecule has 4 amide bonds. The lowest BCUT2D eigenvalue weighted by atomic mass is 10.0. The summed E-state index contributed by atoms with van der Waals surface area (Å²) in [6.45, 7) is 5.02. The number of hydrogen-bond donors (Lipinski definition) is 3. The fourth-order valence-electron chi connectivity index (χ4n) is 5.59. The van der Waals surface area contributed by atoms with Gasteiger partial charge in [-0.2, -0.15) is 0 Å². The minimum Gasteiger partial charge on any atom is -0.457 e. The first kappa shape index (κ1) is 28.4. The molecule has 2 aromatic heterocycles. The maximum Gasteiger partial charge on any atom is 0.331 e. The minimum atomic E-state index is -0.371. The number of amides is 4. The molecule has 43 heavy (non-hydrogen) atoms. The Morgan fingerprint density at radius 1 is 1.16 bits per heavy atom. The van der Waals surface area contributed by atoms with Gasteiger partial charge in [0.1, 0.15) is 21.2 Å². The summed E-state index contributed by atoms with van der Waals surface area (Å²) in [5.41, 5.74) is 8.81. The van der Waals surface area contributed by atoms with Crippen molar-refractivity contribution in [1.29, 1.82) is 0 Å². The molecule has 11 heteroatoms. The molecule has 1 saturated heterocycles. The monoisotopic (exact) mass is 596 g/mol. The van der Waals surface area contributed by atoms with Gasteiger partial charge in [-0.05, 0) is 68.7 Å². The van der Waals surface area contributed by atoms with Crippen LogP contribution in [0.5, 0.6) is 11.5 Å². The number of piperidine rings is 1. The number of rotatable bonds is 7. The first-order chi connectivity index (χ1) is 20.8. The third kappa shape index (κ3) is 5.56. The number of likely N-dealkylation sites (tertiary alicyclic amines) is 1. The van der Waals surface area contributed by atoms with Gasteiger partial charge in [-0.25, -0.2) is 9.78 Å². The second kappa shape index (κ2) is 11.9. The minimum absolute atomic E-state index is 0.0718. The molecule has 0 aliphatic carbocycles. The van der Waals surface area contributed by atoms with Crippen molar-refractivity contribution >= 4 is 56.5 Å². The number of aromatic nitrogens is 1. The number of benzene rings is 2. The van der Waals surface area contributed by atoms with Crippen LogP contribution in [0.25, 0.3) is 10.2 Å². The second-order valence-electron chi connectivity index (χ2n) is 10.6. The average molecular weight is 597 g/mol. The van der Waals surface area contributed by atoms with Gasteiger partial charge in [-0.1, -0.05) is 24.3 Å². The number of nitrogens with zero attached hydrogens (tertiary/aromatic N) is 3. The molecule has 0 radical (unpaired) electrons. The summed E-state index contributed by atoms with van der Waals surface area (Å²) in [4.78, 5) is 48.9. The molecule has 1 unspecified atom stereocenters. The number of anilines is 3. The van der Waals surface area contributed by atoms with Gasteiger partial charge in [-0.3, -0.25) is 14.5 Å². The number of urea groups is 1. The highest BCUT2D eigenvalue weighted by molar-refractivity contribution is 7.21. The zero-order chi connectivity index (χ0) is 30.1. The second-order valence-corrected chi connectivity index (χ2v) is 11.6. The van der Waals surface area contributed by atoms with Crippen molar-refractivity contribution in [3.8, 4) is 11.5 Å². The maximum absolute atomic E-state index is 13.6. The topological polar surface area (TPSA) is 130 Å². The molecular weight excluding hydrogens is 564 g/mol. The van der Waals surface area contributed by atoms with E-state index in [-0.39, 0.29) is 23.9 Å². The largest absolute Gasteiger partial charge is 0.457 e. The zero-order valence-electron chi connectivity index (χ0n) is 23.9. The van der Waals surface area contributed by atoms with Crippen LogP contribution in [0.15, 0.2) is 72.4 Å². The van der Waals surface area contributed by atoms with Gasteiger partial charge in [0.05, 0.1) is 22.4 Å². The van der Waals surface area contributed by atoms with Crippen LogP contribution in [0.2, 0.25) is 0 Å². The van der Waals surface area contributed by atoms with Crippen LogP contribution in [0.3, 0.4) is 0 Å². The van der Waals surface area contributed by atoms with E-state index in [2.05, 4.69) is 15.6 Å². The Bertz CT molecular complexity index is 1750. The van der Waals surface area contributed by atoms with Gasteiger partial charge < -0.3 is 26.0 Å². The summed E-state index contributed by atoms with van der Waals surface area (Å²) >= 11 is 1.24. The number of hydrogen-bond acceptors (Lipinski definition) is 7. The first-order valence-corrected chi connectivity index (χ1v) is 15.0. The van der Waals surface area contributed by atoms with Crippen LogP contribution in [0.4, 0.5) is 21.9 Å². The zero-order valence-corrected chi connectivity index (χ0v) is 24.7. The Morgan fingerprint density at radius 3 is 2.74 bits per heavy atom. The van der Waals surface area contributed by atoms with Crippen LogP contribution in [0.1, 0.15) is 35.0 Å². The quantitative estimate of drug-likeness (QED) is 0.235. The van der Waals surface area contributed by atoms with E-state index < -0.39 is 0 Å². The molecule has 4 N–H and O–H groups in total. The van der Waals surface area contributed by atoms with Crippen molar-refractivity contribution in [2.75, 3.05) is 29.9 Å². The fraction of sp³-hybridized carbons (Fsp3) is 0.250. The normalized spacial score (nSPS) is 16.7. The van der Waals surface area contributed by atoms with Gasteiger partial charge in [0, 0.05) is 37.4 Å². The number of ether oxygens (including phenoxy) is 1. The third-order valence-electron chi connectivity index (χ3n) is 7.65. The van der Waals surface area contributed by atoms with Crippen LogP contribution in [-0.4, -0.2) is 53.4 Å². The SMILES string of the molecule is C/C(=C\CN)C(=O)N1CCCC(NC(=O)c2sc3nccc4c3c2NC(=O)N4c2ccc(Oc3ccccc3)cc2C)C1. The van der Waals surface area contributed by atoms with E-state index in [0.717, 1.165) is 24.2 Å². The Kier molecular flexibility index (Phi) is 7.83. The van der Waals surface area contributed by atoms with Crippen molar-refractivity contribution in [2.45, 2.75) is 32.7 Å². The number of nitrogens with one attached hydrogen (secondary N) is 2. The molecule has 2 aliphatic rings. The van der Waals surface area contributed by atoms with Gasteiger partial charge in [-0.15, -0.1) is 11.3 Å². The highest BCUT2D eigenvalue weighted by Gasteiger charge is 2.34. The summed E-state index contributed by atoms with van der Waals surface area (Å²) in [5, 5.41) is 6.76. The molecule has 10 nitrogen and oxygen atoms in total. The lowest BCUT2D eigenvalue weighted by molar-refractivity contribution is -0.128. The van der Waals surface area contributed by atoms with Gasteiger partial charge in [0.25, 0.3) is 5.91 Å². The molecule has 1 atom stereocenters. The van der Waals surface area contributed by atoms with Crippen molar-refractivity contribution in [3.63, 3.8) is 0 Å². The van der Waals surface area contributed by atoms with E-state index in [9.17, 15) is 14.4 Å². The molecule has 4 aromatic rings. The lowest BCUT2D eigenvalue weighted by Crippen LogP contribution is -2.49. The standard InChI is InChI=1S/C32H32N6O4S/c1-19(12-14-33)31(40)37-16-6-7-21(18-37)35-29(39)28-27-26-25(13-15-34-30(26)43-28)38(32(41)36-27)24-11-10-23(17-20(24)2)42-22-8-4-3-5-9-22/h3-5,8-13,15,17,21H,6-7,14,16,18,33H2,1-2H3,(H,35,39)(H,36,41)/b19-12+. The Morgan fingerprint density at radius 2 is 1.98 bits per heavy atom. The predicted octanol–water partition coefficient (Wildman–Crippen LogP) is 5.71. The summed E-state index contributed by atoms with van der Waals surface area (Å²) < 4.78 is 5.98. The molecule has 0 spiro atoms. The third-order valence-corrected chi connectivity index (χ3v) is 8.74. The van der Waals surface area contributed by atoms with Crippen molar-refractivity contribution in [3.05, 3.63) is 82.9 Å². The number of para-hydroxylation sites is 1. The number of aryl methyl sites for hydroxylation is 1.